The Morgan fingerprint density at radius 1 is 1.29 bits per heavy atom. The molecule has 0 unspecified atom stereocenters. The second-order valence-corrected chi connectivity index (χ2v) is 4.44. The average Bonchev–Trinajstić information content (AvgIpc) is 2.44. The van der Waals surface area contributed by atoms with Crippen LogP contribution in [-0.2, 0) is 14.3 Å². The lowest BCUT2D eigenvalue weighted by Gasteiger charge is -2.14. The number of aryl methyl sites for hydroxylation is 2. The molecule has 1 amide bonds. The van der Waals surface area contributed by atoms with Crippen LogP contribution in [0.4, 0.5) is 8.78 Å². The van der Waals surface area contributed by atoms with Gasteiger partial charge in [-0.2, -0.15) is 8.78 Å². The number of halogens is 2. The number of nitrogens with one attached hydrogen (secondary N) is 1. The van der Waals surface area contributed by atoms with E-state index in [2.05, 4.69) is 4.74 Å². The fraction of sp³-hybridized carbons (Fsp3) is 0.429. The van der Waals surface area contributed by atoms with Crippen molar-refractivity contribution >= 4 is 11.9 Å². The number of carbonyl (C=O) groups excluding carboxylic acids is 2. The molecule has 0 aliphatic carbocycles. The second-order valence-electron chi connectivity index (χ2n) is 4.44. The molecule has 0 saturated carbocycles. The molecule has 0 aliphatic rings. The molecule has 0 heterocycles. The minimum absolute atomic E-state index is 0.00684. The van der Waals surface area contributed by atoms with Crippen molar-refractivity contribution in [3.8, 4) is 5.75 Å². The normalized spacial score (nSPS) is 10.9. The summed E-state index contributed by atoms with van der Waals surface area (Å²) in [5.74, 6) is -7.20. The Kier molecular flexibility index (Phi) is 5.63. The van der Waals surface area contributed by atoms with Gasteiger partial charge in [-0.1, -0.05) is 17.7 Å². The summed E-state index contributed by atoms with van der Waals surface area (Å²) < 4.78 is 35.5. The highest BCUT2D eigenvalue weighted by atomic mass is 19.3. The van der Waals surface area contributed by atoms with E-state index in [0.29, 0.717) is 5.75 Å². The van der Waals surface area contributed by atoms with Gasteiger partial charge in [0.05, 0.1) is 13.7 Å². The van der Waals surface area contributed by atoms with Crippen LogP contribution in [0.2, 0.25) is 0 Å². The number of rotatable bonds is 6. The Morgan fingerprint density at radius 2 is 1.95 bits per heavy atom. The molecule has 5 nitrogen and oxygen atoms in total. The number of benzene rings is 1. The molecule has 1 aromatic rings. The highest BCUT2D eigenvalue weighted by molar-refractivity contribution is 6.04. The maximum atomic E-state index is 13.1. The number of alkyl halides is 2. The van der Waals surface area contributed by atoms with Gasteiger partial charge in [-0.3, -0.25) is 4.79 Å². The summed E-state index contributed by atoms with van der Waals surface area (Å²) in [4.78, 5) is 21.9. The molecule has 0 saturated heterocycles. The first kappa shape index (κ1) is 16.9. The lowest BCUT2D eigenvalue weighted by Crippen LogP contribution is -2.47. The van der Waals surface area contributed by atoms with Crippen molar-refractivity contribution in [2.75, 3.05) is 20.3 Å². The van der Waals surface area contributed by atoms with Crippen molar-refractivity contribution in [2.24, 2.45) is 0 Å². The number of ether oxygens (including phenoxy) is 2. The third-order valence-electron chi connectivity index (χ3n) is 2.70. The van der Waals surface area contributed by atoms with Crippen LogP contribution in [0.5, 0.6) is 5.75 Å². The van der Waals surface area contributed by atoms with Crippen molar-refractivity contribution < 1.29 is 27.8 Å². The topological polar surface area (TPSA) is 64.6 Å². The van der Waals surface area contributed by atoms with Gasteiger partial charge < -0.3 is 14.8 Å². The van der Waals surface area contributed by atoms with Crippen molar-refractivity contribution in [1.29, 1.82) is 0 Å². The third-order valence-corrected chi connectivity index (χ3v) is 2.70. The van der Waals surface area contributed by atoms with E-state index in [-0.39, 0.29) is 13.2 Å². The molecular formula is C14H17F2NO4. The molecule has 1 aromatic carbocycles. The van der Waals surface area contributed by atoms with Gasteiger partial charge in [-0.15, -0.1) is 0 Å². The van der Waals surface area contributed by atoms with E-state index in [9.17, 15) is 18.4 Å². The van der Waals surface area contributed by atoms with Gasteiger partial charge in [0.1, 0.15) is 12.4 Å². The van der Waals surface area contributed by atoms with Crippen molar-refractivity contribution in [3.05, 3.63) is 29.3 Å². The van der Waals surface area contributed by atoms with Crippen LogP contribution < -0.4 is 10.1 Å². The number of carbonyl (C=O) groups is 2. The van der Waals surface area contributed by atoms with Gasteiger partial charge in [0.15, 0.2) is 0 Å². The zero-order valence-corrected chi connectivity index (χ0v) is 12.0. The third kappa shape index (κ3) is 4.40. The van der Waals surface area contributed by atoms with Gasteiger partial charge in [0.2, 0.25) is 0 Å². The van der Waals surface area contributed by atoms with Crippen LogP contribution in [0.3, 0.4) is 0 Å². The minimum Gasteiger partial charge on any atom is -0.491 e. The minimum atomic E-state index is -4.20. The van der Waals surface area contributed by atoms with E-state index in [1.165, 1.54) is 0 Å². The average molecular weight is 301 g/mol. The fourth-order valence-electron chi connectivity index (χ4n) is 1.62. The highest BCUT2D eigenvalue weighted by Gasteiger charge is 2.48. The van der Waals surface area contributed by atoms with Crippen molar-refractivity contribution in [2.45, 2.75) is 19.8 Å². The smallest absolute Gasteiger partial charge is 0.418 e. The van der Waals surface area contributed by atoms with E-state index >= 15 is 0 Å². The predicted molar refractivity (Wildman–Crippen MR) is 71.4 cm³/mol. The maximum absolute atomic E-state index is 13.1. The number of methoxy groups -OCH3 is 1. The summed E-state index contributed by atoms with van der Waals surface area (Å²) in [7, 11) is 0.785. The molecule has 21 heavy (non-hydrogen) atoms. The van der Waals surface area contributed by atoms with Crippen LogP contribution in [0.15, 0.2) is 18.2 Å². The van der Waals surface area contributed by atoms with Crippen molar-refractivity contribution in [3.63, 3.8) is 0 Å². The Labute approximate surface area is 121 Å². The fourth-order valence-corrected chi connectivity index (χ4v) is 1.62. The van der Waals surface area contributed by atoms with Crippen LogP contribution in [0.25, 0.3) is 0 Å². The quantitative estimate of drug-likeness (QED) is 0.492. The predicted octanol–water partition coefficient (Wildman–Crippen LogP) is 1.61. The van der Waals surface area contributed by atoms with Gasteiger partial charge in [0, 0.05) is 0 Å². The molecule has 0 aliphatic heterocycles. The summed E-state index contributed by atoms with van der Waals surface area (Å²) >= 11 is 0. The first-order valence-electron chi connectivity index (χ1n) is 6.23. The number of esters is 1. The van der Waals surface area contributed by atoms with Crippen LogP contribution in [0.1, 0.15) is 11.1 Å². The van der Waals surface area contributed by atoms with E-state index in [1.54, 1.807) is 6.07 Å². The molecule has 0 radical (unpaired) electrons. The Bertz CT molecular complexity index is 532. The standard InChI is InChI=1S/C14H17F2NO4/c1-9-4-5-11(10(2)8-9)21-7-6-17-12(18)14(15,16)13(19)20-3/h4-5,8H,6-7H2,1-3H3,(H,17,18). The summed E-state index contributed by atoms with van der Waals surface area (Å²) in [5, 5.41) is 1.92. The molecule has 0 fully saturated rings. The highest BCUT2D eigenvalue weighted by Crippen LogP contribution is 2.18. The van der Waals surface area contributed by atoms with Gasteiger partial charge in [-0.25, -0.2) is 4.79 Å². The zero-order valence-electron chi connectivity index (χ0n) is 12.0. The van der Waals surface area contributed by atoms with Crippen molar-refractivity contribution in [1.82, 2.24) is 5.32 Å². The first-order chi connectivity index (χ1) is 9.78. The molecule has 0 aromatic heterocycles. The van der Waals surface area contributed by atoms with Crippen LogP contribution >= 0.6 is 0 Å². The van der Waals surface area contributed by atoms with Gasteiger partial charge >= 0.3 is 17.8 Å². The molecule has 0 atom stereocenters. The molecule has 1 rings (SSSR count). The molecular weight excluding hydrogens is 284 g/mol. The zero-order chi connectivity index (χ0) is 16.0. The summed E-state index contributed by atoms with van der Waals surface area (Å²) in [5.41, 5.74) is 1.98. The lowest BCUT2D eigenvalue weighted by atomic mass is 10.1. The molecule has 0 bridgehead atoms. The Balaban J connectivity index is 2.44. The number of hydrogen-bond donors (Lipinski definition) is 1. The monoisotopic (exact) mass is 301 g/mol. The SMILES string of the molecule is COC(=O)C(F)(F)C(=O)NCCOc1ccc(C)cc1C. The summed E-state index contributed by atoms with van der Waals surface area (Å²) in [6, 6.07) is 5.53. The molecule has 1 N–H and O–H groups in total. The van der Waals surface area contributed by atoms with E-state index in [4.69, 9.17) is 4.74 Å². The van der Waals surface area contributed by atoms with Gasteiger partial charge in [0.25, 0.3) is 0 Å². The molecule has 7 heteroatoms. The Morgan fingerprint density at radius 3 is 2.52 bits per heavy atom. The molecule has 116 valence electrons. The van der Waals surface area contributed by atoms with E-state index in [1.807, 2.05) is 31.3 Å². The summed E-state index contributed by atoms with van der Waals surface area (Å²) in [6.45, 7) is 3.64. The number of amides is 1. The first-order valence-corrected chi connectivity index (χ1v) is 6.23. The lowest BCUT2D eigenvalue weighted by molar-refractivity contribution is -0.175. The van der Waals surface area contributed by atoms with E-state index < -0.39 is 17.8 Å². The maximum Gasteiger partial charge on any atom is 0.418 e. The molecule has 0 spiro atoms. The Hall–Kier alpha value is -2.18. The number of hydrogen-bond acceptors (Lipinski definition) is 4. The van der Waals surface area contributed by atoms with E-state index in [0.717, 1.165) is 18.2 Å². The van der Waals surface area contributed by atoms with Crippen LogP contribution in [-0.4, -0.2) is 38.1 Å². The van der Waals surface area contributed by atoms with Crippen LogP contribution in [0, 0.1) is 13.8 Å². The van der Waals surface area contributed by atoms with Gasteiger partial charge in [-0.05, 0) is 25.5 Å². The largest absolute Gasteiger partial charge is 0.491 e. The second kappa shape index (κ2) is 7.01. The summed E-state index contributed by atoms with van der Waals surface area (Å²) in [6.07, 6.45) is 0.